The zero-order valence-electron chi connectivity index (χ0n) is 21.6. The third-order valence-corrected chi connectivity index (χ3v) is 6.86. The number of pyridine rings is 1. The maximum Gasteiger partial charge on any atom is 0.139 e. The van der Waals surface area contributed by atoms with E-state index in [-0.39, 0.29) is 23.3 Å². The fourth-order valence-electron chi connectivity index (χ4n) is 4.62. The van der Waals surface area contributed by atoms with Gasteiger partial charge in [-0.15, -0.1) is 0 Å². The van der Waals surface area contributed by atoms with E-state index >= 15 is 0 Å². The molecule has 1 aromatic carbocycles. The molecule has 0 bridgehead atoms. The van der Waals surface area contributed by atoms with Gasteiger partial charge >= 0.3 is 0 Å². The average Bonchev–Trinajstić information content (AvgIpc) is 3.55. The number of likely N-dealkylation sites (N-methyl/N-ethyl adjacent to an activating group) is 1. The maximum absolute atomic E-state index is 13.3. The van der Waals surface area contributed by atoms with Crippen molar-refractivity contribution in [1.29, 1.82) is 10.8 Å². The summed E-state index contributed by atoms with van der Waals surface area (Å²) < 4.78 is 13.3. The number of alkyl halides is 1. The molecule has 2 aromatic rings. The molecule has 1 unspecified atom stereocenters. The number of hydrogen-bond donors (Lipinski definition) is 4. The summed E-state index contributed by atoms with van der Waals surface area (Å²) in [6.07, 6.45) is 3.69. The smallest absolute Gasteiger partial charge is 0.139 e. The molecule has 1 aromatic heterocycles. The number of nitrogens with zero attached hydrogens (tertiary/aromatic N) is 4. The lowest BCUT2D eigenvalue weighted by Crippen LogP contribution is -2.35. The van der Waals surface area contributed by atoms with Gasteiger partial charge in [0.05, 0.1) is 24.0 Å². The van der Waals surface area contributed by atoms with E-state index in [2.05, 4.69) is 33.2 Å². The molecule has 2 aliphatic rings. The number of aromatic hydroxyl groups is 1. The number of benzene rings is 1. The summed E-state index contributed by atoms with van der Waals surface area (Å²) in [6, 6.07) is 10.5. The molecule has 0 amide bonds. The van der Waals surface area contributed by atoms with Crippen molar-refractivity contribution >= 4 is 17.2 Å². The standard InChI is InChI=1S/C29H34FN7O/c1-3-36(26(29(32)33)18-25(31)24-8-4-5-9-28(24)38)19-27-20(2)37(27)23-10-13-34-22(17-23)7-6-14-35-15-11-21(30)12-16-35/h4-5,8-10,13,17-18,21,27,31,38H,2-3,11-12,14-16,19H2,1H3,(H3,32,33)/b26-18+,31-25?. The Morgan fingerprint density at radius 2 is 2.03 bits per heavy atom. The monoisotopic (exact) mass is 515 g/mol. The van der Waals surface area contributed by atoms with Crippen LogP contribution < -0.4 is 10.6 Å². The first-order valence-corrected chi connectivity index (χ1v) is 12.8. The van der Waals surface area contributed by atoms with Gasteiger partial charge in [-0.3, -0.25) is 10.3 Å². The second kappa shape index (κ2) is 11.9. The third-order valence-electron chi connectivity index (χ3n) is 6.86. The second-order valence-corrected chi connectivity index (χ2v) is 9.44. The molecule has 38 heavy (non-hydrogen) atoms. The van der Waals surface area contributed by atoms with Crippen LogP contribution in [-0.4, -0.2) is 76.4 Å². The van der Waals surface area contributed by atoms with Crippen molar-refractivity contribution in [3.8, 4) is 17.6 Å². The van der Waals surface area contributed by atoms with Crippen LogP contribution in [0, 0.1) is 22.7 Å². The molecule has 0 saturated carbocycles. The first-order valence-electron chi connectivity index (χ1n) is 12.8. The van der Waals surface area contributed by atoms with Crippen LogP contribution in [0.5, 0.6) is 5.75 Å². The minimum Gasteiger partial charge on any atom is -0.507 e. The van der Waals surface area contributed by atoms with Crippen LogP contribution >= 0.6 is 0 Å². The average molecular weight is 516 g/mol. The van der Waals surface area contributed by atoms with E-state index in [1.165, 1.54) is 12.1 Å². The van der Waals surface area contributed by atoms with Gasteiger partial charge in [-0.25, -0.2) is 9.37 Å². The van der Waals surface area contributed by atoms with Gasteiger partial charge in [-0.05, 0) is 56.0 Å². The molecule has 9 heteroatoms. The van der Waals surface area contributed by atoms with Crippen molar-refractivity contribution in [1.82, 2.24) is 14.8 Å². The molecule has 2 saturated heterocycles. The van der Waals surface area contributed by atoms with Crippen molar-refractivity contribution in [3.05, 3.63) is 77.9 Å². The Kier molecular flexibility index (Phi) is 8.44. The van der Waals surface area contributed by atoms with Crippen molar-refractivity contribution in [2.24, 2.45) is 5.73 Å². The van der Waals surface area contributed by atoms with Gasteiger partial charge in [0.1, 0.15) is 23.5 Å². The molecule has 5 N–H and O–H groups in total. The Bertz CT molecular complexity index is 1300. The lowest BCUT2D eigenvalue weighted by Gasteiger charge is -2.26. The number of aromatic nitrogens is 1. The number of phenols is 1. The van der Waals surface area contributed by atoms with E-state index in [0.717, 1.165) is 24.5 Å². The molecule has 198 valence electrons. The number of hydrogen-bond acceptors (Lipinski definition) is 7. The lowest BCUT2D eigenvalue weighted by atomic mass is 10.1. The number of nitrogens with two attached hydrogens (primary N) is 1. The number of allylic oxidation sites excluding steroid dienone is 1. The fraction of sp³-hybridized carbons (Fsp3) is 0.345. The Hall–Kier alpha value is -4.16. The lowest BCUT2D eigenvalue weighted by molar-refractivity contribution is 0.164. The number of halogens is 1. The highest BCUT2D eigenvalue weighted by molar-refractivity contribution is 6.12. The number of piperidine rings is 1. The molecule has 4 rings (SSSR count). The summed E-state index contributed by atoms with van der Waals surface area (Å²) in [5.74, 6) is 6.13. The largest absolute Gasteiger partial charge is 0.507 e. The van der Waals surface area contributed by atoms with Gasteiger partial charge < -0.3 is 26.0 Å². The number of para-hydroxylation sites is 1. The van der Waals surface area contributed by atoms with Crippen molar-refractivity contribution in [2.45, 2.75) is 32.0 Å². The van der Waals surface area contributed by atoms with Gasteiger partial charge in [0, 0.05) is 49.3 Å². The normalized spacial score (nSPS) is 18.1. The highest BCUT2D eigenvalue weighted by Crippen LogP contribution is 2.38. The highest BCUT2D eigenvalue weighted by Gasteiger charge is 2.41. The predicted molar refractivity (Wildman–Crippen MR) is 149 cm³/mol. The summed E-state index contributed by atoms with van der Waals surface area (Å²) in [4.78, 5) is 10.6. The Labute approximate surface area is 223 Å². The summed E-state index contributed by atoms with van der Waals surface area (Å²) in [5.41, 5.74) is 9.30. The number of nitrogens with one attached hydrogen (secondary N) is 2. The first-order chi connectivity index (χ1) is 18.3. The molecule has 0 aliphatic carbocycles. The van der Waals surface area contributed by atoms with E-state index in [1.54, 1.807) is 24.4 Å². The molecule has 8 nitrogen and oxygen atoms in total. The summed E-state index contributed by atoms with van der Waals surface area (Å²) in [7, 11) is 0. The van der Waals surface area contributed by atoms with Crippen molar-refractivity contribution in [3.63, 3.8) is 0 Å². The Morgan fingerprint density at radius 3 is 2.71 bits per heavy atom. The molecule has 2 aliphatic heterocycles. The topological polar surface area (TPSA) is 116 Å². The van der Waals surface area contributed by atoms with E-state index in [0.29, 0.717) is 49.4 Å². The maximum atomic E-state index is 13.3. The van der Waals surface area contributed by atoms with E-state index in [9.17, 15) is 9.50 Å². The van der Waals surface area contributed by atoms with Gasteiger partial charge in [-0.1, -0.05) is 24.6 Å². The fourth-order valence-corrected chi connectivity index (χ4v) is 4.62. The molecule has 0 spiro atoms. The summed E-state index contributed by atoms with van der Waals surface area (Å²) in [6.45, 7) is 9.33. The van der Waals surface area contributed by atoms with Crippen molar-refractivity contribution in [2.75, 3.05) is 37.6 Å². The number of phenolic OH excluding ortho intramolecular Hbond substituents is 1. The molecule has 0 radical (unpaired) electrons. The van der Waals surface area contributed by atoms with Crippen LogP contribution in [0.1, 0.15) is 31.0 Å². The second-order valence-electron chi connectivity index (χ2n) is 9.44. The van der Waals surface area contributed by atoms with Gasteiger partial charge in [0.25, 0.3) is 0 Å². The minimum absolute atomic E-state index is 0.00205. The van der Waals surface area contributed by atoms with Gasteiger partial charge in [-0.2, -0.15) is 0 Å². The van der Waals surface area contributed by atoms with Gasteiger partial charge in [0.15, 0.2) is 0 Å². The van der Waals surface area contributed by atoms with E-state index < -0.39 is 6.17 Å². The zero-order valence-corrected chi connectivity index (χ0v) is 21.6. The first kappa shape index (κ1) is 26.9. The van der Waals surface area contributed by atoms with Gasteiger partial charge in [0.2, 0.25) is 0 Å². The van der Waals surface area contributed by atoms with Crippen LogP contribution in [0.2, 0.25) is 0 Å². The minimum atomic E-state index is -0.693. The molecule has 1 atom stereocenters. The summed E-state index contributed by atoms with van der Waals surface area (Å²) >= 11 is 0. The molecule has 3 heterocycles. The van der Waals surface area contributed by atoms with Crippen LogP contribution in [0.15, 0.2) is 66.6 Å². The number of amidine groups is 1. The zero-order chi connectivity index (χ0) is 27.2. The SMILES string of the molecule is C=C1C(CN(CC)/C(=C/C(=N)c2ccccc2O)C(=N)N)N1c1ccnc(C#CCN2CCC(F)CC2)c1. The van der Waals surface area contributed by atoms with Crippen molar-refractivity contribution < 1.29 is 9.50 Å². The molecular weight excluding hydrogens is 481 g/mol. The molecule has 2 fully saturated rings. The Balaban J connectivity index is 1.43. The highest BCUT2D eigenvalue weighted by atomic mass is 19.1. The number of anilines is 1. The third kappa shape index (κ3) is 6.39. The predicted octanol–water partition coefficient (Wildman–Crippen LogP) is 3.48. The number of likely N-dealkylation sites (tertiary alicyclic amines) is 1. The van der Waals surface area contributed by atoms with E-state index in [4.69, 9.17) is 16.6 Å². The van der Waals surface area contributed by atoms with E-state index in [1.807, 2.05) is 24.0 Å². The Morgan fingerprint density at radius 1 is 1.29 bits per heavy atom. The van der Waals surface area contributed by atoms with Crippen LogP contribution in [0.25, 0.3) is 0 Å². The summed E-state index contributed by atoms with van der Waals surface area (Å²) in [5, 5.41) is 26.7. The van der Waals surface area contributed by atoms with Crippen LogP contribution in [0.4, 0.5) is 10.1 Å². The van der Waals surface area contributed by atoms with Crippen LogP contribution in [-0.2, 0) is 0 Å². The molecular formula is C29H34FN7O. The quantitative estimate of drug-likeness (QED) is 0.176. The number of rotatable bonds is 9. The van der Waals surface area contributed by atoms with Crippen LogP contribution in [0.3, 0.4) is 0 Å².